The number of nitrogens with zero attached hydrogens (tertiary/aromatic N) is 2. The second-order valence-corrected chi connectivity index (χ2v) is 3.45. The normalized spacial score (nSPS) is 10.2. The number of amides is 1. The summed E-state index contributed by atoms with van der Waals surface area (Å²) in [6.45, 7) is 0.109. The summed E-state index contributed by atoms with van der Waals surface area (Å²) in [7, 11) is 0. The number of anilines is 1. The molecule has 0 atom stereocenters. The highest BCUT2D eigenvalue weighted by Gasteiger charge is 2.00. The maximum absolute atomic E-state index is 10.2. The lowest BCUT2D eigenvalue weighted by atomic mass is 10.5. The van der Waals surface area contributed by atoms with Gasteiger partial charge in [0, 0.05) is 5.38 Å². The minimum absolute atomic E-state index is 0.109. The Hall–Kier alpha value is -1.47. The van der Waals surface area contributed by atoms with Gasteiger partial charge in [-0.2, -0.15) is 0 Å². The molecule has 0 aromatic carbocycles. The molecule has 0 aliphatic rings. The molecule has 0 aliphatic heterocycles. The summed E-state index contributed by atoms with van der Waals surface area (Å²) in [5, 5.41) is 7.14. The lowest BCUT2D eigenvalue weighted by molar-refractivity contribution is -0.106. The molecule has 0 saturated heterocycles. The first kappa shape index (κ1) is 11.6. The standard InChI is InChI=1S/C7H6ClN3O3S/c8-6(13)1-10-14-2-5-3-15-7(11-5)9-4-12/h1,3-4H,2H2,(H,9,11,12)/b10-1-. The minimum atomic E-state index is -0.711. The van der Waals surface area contributed by atoms with Crippen molar-refractivity contribution in [1.29, 1.82) is 0 Å². The highest BCUT2D eigenvalue weighted by atomic mass is 35.5. The Morgan fingerprint density at radius 1 is 1.80 bits per heavy atom. The molecule has 1 aromatic heterocycles. The van der Waals surface area contributed by atoms with Crippen LogP contribution in [0.2, 0.25) is 0 Å². The summed E-state index contributed by atoms with van der Waals surface area (Å²) in [6.07, 6.45) is 1.38. The van der Waals surface area contributed by atoms with Crippen molar-refractivity contribution in [3.8, 4) is 0 Å². The van der Waals surface area contributed by atoms with Crippen LogP contribution in [0, 0.1) is 0 Å². The number of halogens is 1. The van der Waals surface area contributed by atoms with Crippen LogP contribution in [0.4, 0.5) is 5.13 Å². The van der Waals surface area contributed by atoms with Gasteiger partial charge in [0.15, 0.2) is 11.7 Å². The molecule has 1 rings (SSSR count). The third-order valence-electron chi connectivity index (χ3n) is 1.18. The molecule has 15 heavy (non-hydrogen) atoms. The molecule has 6 nitrogen and oxygen atoms in total. The van der Waals surface area contributed by atoms with Crippen molar-refractivity contribution in [2.75, 3.05) is 5.32 Å². The fourth-order valence-electron chi connectivity index (χ4n) is 0.672. The highest BCUT2D eigenvalue weighted by Crippen LogP contribution is 2.14. The van der Waals surface area contributed by atoms with Crippen molar-refractivity contribution in [1.82, 2.24) is 4.98 Å². The lowest BCUT2D eigenvalue weighted by Gasteiger charge is -1.93. The Labute approximate surface area is 93.9 Å². The van der Waals surface area contributed by atoms with E-state index >= 15 is 0 Å². The molecule has 0 unspecified atom stereocenters. The Morgan fingerprint density at radius 3 is 3.27 bits per heavy atom. The first-order valence-corrected chi connectivity index (χ1v) is 4.97. The Balaban J connectivity index is 2.37. The van der Waals surface area contributed by atoms with Crippen LogP contribution in [-0.4, -0.2) is 22.9 Å². The van der Waals surface area contributed by atoms with Crippen LogP contribution < -0.4 is 5.32 Å². The number of rotatable bonds is 6. The summed E-state index contributed by atoms with van der Waals surface area (Å²) < 4.78 is 0. The van der Waals surface area contributed by atoms with Crippen molar-refractivity contribution in [2.45, 2.75) is 6.61 Å². The van der Waals surface area contributed by atoms with E-state index in [1.54, 1.807) is 5.38 Å². The van der Waals surface area contributed by atoms with Gasteiger partial charge in [0.1, 0.15) is 6.21 Å². The van der Waals surface area contributed by atoms with Crippen LogP contribution in [0.15, 0.2) is 10.5 Å². The fourth-order valence-corrected chi connectivity index (χ4v) is 1.37. The van der Waals surface area contributed by atoms with Gasteiger partial charge in [-0.05, 0) is 11.6 Å². The highest BCUT2D eigenvalue weighted by molar-refractivity contribution is 7.13. The van der Waals surface area contributed by atoms with Gasteiger partial charge >= 0.3 is 0 Å². The van der Waals surface area contributed by atoms with Gasteiger partial charge < -0.3 is 10.2 Å². The van der Waals surface area contributed by atoms with Crippen molar-refractivity contribution in [3.05, 3.63) is 11.1 Å². The number of aromatic nitrogens is 1. The molecule has 0 saturated carbocycles. The van der Waals surface area contributed by atoms with E-state index in [2.05, 4.69) is 15.5 Å². The van der Waals surface area contributed by atoms with Crippen molar-refractivity contribution in [2.24, 2.45) is 5.16 Å². The molecule has 0 aliphatic carbocycles. The zero-order chi connectivity index (χ0) is 11.1. The van der Waals surface area contributed by atoms with Crippen LogP contribution in [0.1, 0.15) is 5.69 Å². The maximum atomic E-state index is 10.2. The number of oxime groups is 1. The molecule has 80 valence electrons. The molecule has 1 amide bonds. The van der Waals surface area contributed by atoms with E-state index in [9.17, 15) is 9.59 Å². The topological polar surface area (TPSA) is 80.7 Å². The Morgan fingerprint density at radius 2 is 2.60 bits per heavy atom. The molecule has 0 fully saturated rings. The van der Waals surface area contributed by atoms with Crippen LogP contribution >= 0.6 is 22.9 Å². The van der Waals surface area contributed by atoms with Crippen molar-refractivity contribution >= 4 is 45.9 Å². The monoisotopic (exact) mass is 247 g/mol. The Bertz CT molecular complexity index is 379. The minimum Gasteiger partial charge on any atom is -0.389 e. The number of hydrogen-bond acceptors (Lipinski definition) is 6. The first-order chi connectivity index (χ1) is 7.22. The average Bonchev–Trinajstić information content (AvgIpc) is 2.61. The molecule has 0 bridgehead atoms. The second kappa shape index (κ2) is 6.10. The summed E-state index contributed by atoms with van der Waals surface area (Å²) in [4.78, 5) is 29.0. The summed E-state index contributed by atoms with van der Waals surface area (Å²) >= 11 is 6.23. The largest absolute Gasteiger partial charge is 0.389 e. The predicted molar refractivity (Wildman–Crippen MR) is 55.9 cm³/mol. The summed E-state index contributed by atoms with van der Waals surface area (Å²) in [5.41, 5.74) is 0.600. The predicted octanol–water partition coefficient (Wildman–Crippen LogP) is 0.979. The first-order valence-electron chi connectivity index (χ1n) is 3.71. The maximum Gasteiger partial charge on any atom is 0.266 e. The van der Waals surface area contributed by atoms with Gasteiger partial charge in [-0.15, -0.1) is 11.3 Å². The van der Waals surface area contributed by atoms with Crippen LogP contribution in [0.25, 0.3) is 0 Å². The molecule has 1 N–H and O–H groups in total. The van der Waals surface area contributed by atoms with E-state index in [1.807, 2.05) is 0 Å². The van der Waals surface area contributed by atoms with Gasteiger partial charge in [-0.25, -0.2) is 4.98 Å². The molecular formula is C7H6ClN3O3S. The van der Waals surface area contributed by atoms with E-state index in [-0.39, 0.29) is 6.61 Å². The fraction of sp³-hybridized carbons (Fsp3) is 0.143. The van der Waals surface area contributed by atoms with Crippen LogP contribution in [0.3, 0.4) is 0 Å². The average molecular weight is 248 g/mol. The van der Waals surface area contributed by atoms with Gasteiger partial charge in [0.2, 0.25) is 6.41 Å². The third kappa shape index (κ3) is 4.52. The smallest absolute Gasteiger partial charge is 0.266 e. The van der Waals surface area contributed by atoms with Crippen LogP contribution in [-0.2, 0) is 21.0 Å². The zero-order valence-corrected chi connectivity index (χ0v) is 8.92. The third-order valence-corrected chi connectivity index (χ3v) is 2.10. The molecule has 0 radical (unpaired) electrons. The molecule has 1 heterocycles. The number of carbonyl (C=O) groups excluding carboxylic acids is 2. The number of carbonyl (C=O) groups is 2. The summed E-state index contributed by atoms with van der Waals surface area (Å²) in [6, 6.07) is 0. The lowest BCUT2D eigenvalue weighted by Crippen LogP contribution is -1.94. The van der Waals surface area contributed by atoms with Crippen molar-refractivity contribution in [3.63, 3.8) is 0 Å². The van der Waals surface area contributed by atoms with E-state index in [1.165, 1.54) is 11.3 Å². The number of hydrogen-bond donors (Lipinski definition) is 1. The molecule has 8 heteroatoms. The number of thiazole rings is 1. The van der Waals surface area contributed by atoms with E-state index in [4.69, 9.17) is 16.4 Å². The molecule has 0 spiro atoms. The Kier molecular flexibility index (Phi) is 4.72. The van der Waals surface area contributed by atoms with Gasteiger partial charge in [-0.3, -0.25) is 9.59 Å². The number of nitrogens with one attached hydrogen (secondary N) is 1. The quantitative estimate of drug-likeness (QED) is 0.352. The molecular weight excluding hydrogens is 242 g/mol. The van der Waals surface area contributed by atoms with Crippen molar-refractivity contribution < 1.29 is 14.4 Å². The van der Waals surface area contributed by atoms with Crippen LogP contribution in [0.5, 0.6) is 0 Å². The SMILES string of the molecule is O=CNc1nc(CO/N=C\C(=O)Cl)cs1. The van der Waals surface area contributed by atoms with Gasteiger partial charge in [0.25, 0.3) is 5.24 Å². The van der Waals surface area contributed by atoms with Gasteiger partial charge in [0.05, 0.1) is 5.69 Å². The van der Waals surface area contributed by atoms with E-state index < -0.39 is 5.24 Å². The van der Waals surface area contributed by atoms with Gasteiger partial charge in [-0.1, -0.05) is 5.16 Å². The van der Waals surface area contributed by atoms with E-state index in [0.717, 1.165) is 6.21 Å². The second-order valence-electron chi connectivity index (χ2n) is 2.22. The summed E-state index contributed by atoms with van der Waals surface area (Å²) in [5.74, 6) is 0. The van der Waals surface area contributed by atoms with E-state index in [0.29, 0.717) is 17.2 Å². The molecule has 1 aromatic rings. The zero-order valence-electron chi connectivity index (χ0n) is 7.34.